The van der Waals surface area contributed by atoms with Crippen molar-refractivity contribution in [2.75, 3.05) is 32.5 Å². The molecule has 1 N–H and O–H groups in total. The summed E-state index contributed by atoms with van der Waals surface area (Å²) in [7, 11) is 3.96. The summed E-state index contributed by atoms with van der Waals surface area (Å²) in [5.41, 5.74) is 0. The Balaban J connectivity index is 2.50. The number of hydrogen-bond donors (Lipinski definition) is 1. The third-order valence-corrected chi connectivity index (χ3v) is 1.76. The second-order valence-corrected chi connectivity index (χ2v) is 3.60. The van der Waals surface area contributed by atoms with Gasteiger partial charge in [-0.2, -0.15) is 15.0 Å². The third-order valence-electron chi connectivity index (χ3n) is 1.42. The highest BCUT2D eigenvalue weighted by Crippen LogP contribution is 2.08. The van der Waals surface area contributed by atoms with E-state index in [-0.39, 0.29) is 10.6 Å². The minimum Gasteiger partial charge on any atom is -0.353 e. The first-order chi connectivity index (χ1) is 6.58. The van der Waals surface area contributed by atoms with Crippen molar-refractivity contribution in [3.05, 3.63) is 10.6 Å². The fourth-order valence-electron chi connectivity index (χ4n) is 0.796. The Hall–Kier alpha value is -0.650. The number of nitrogens with zero attached hydrogens (tertiary/aromatic N) is 4. The Labute approximate surface area is 92.5 Å². The summed E-state index contributed by atoms with van der Waals surface area (Å²) in [5.74, 6) is 0.400. The normalized spacial score (nSPS) is 10.6. The van der Waals surface area contributed by atoms with Gasteiger partial charge in [0.05, 0.1) is 0 Å². The average molecular weight is 236 g/mol. The first-order valence-electron chi connectivity index (χ1n) is 4.03. The minimum atomic E-state index is 0.0948. The SMILES string of the molecule is CN(C)CCNc1nc(Cl)nc(Cl)n1. The highest BCUT2D eigenvalue weighted by Gasteiger charge is 2.01. The molecule has 0 bridgehead atoms. The molecule has 0 fully saturated rings. The first-order valence-corrected chi connectivity index (χ1v) is 4.79. The van der Waals surface area contributed by atoms with Gasteiger partial charge in [-0.15, -0.1) is 0 Å². The molecule has 1 aromatic heterocycles. The van der Waals surface area contributed by atoms with Gasteiger partial charge in [0.2, 0.25) is 16.5 Å². The van der Waals surface area contributed by atoms with Gasteiger partial charge in [0.15, 0.2) is 0 Å². The predicted molar refractivity (Wildman–Crippen MR) is 56.9 cm³/mol. The lowest BCUT2D eigenvalue weighted by Crippen LogP contribution is -2.21. The molecule has 1 aromatic rings. The van der Waals surface area contributed by atoms with Crippen molar-refractivity contribution in [3.63, 3.8) is 0 Å². The smallest absolute Gasteiger partial charge is 0.228 e. The molecule has 0 saturated carbocycles. The number of nitrogens with one attached hydrogen (secondary N) is 1. The van der Waals surface area contributed by atoms with Crippen LogP contribution in [0.4, 0.5) is 5.95 Å². The van der Waals surface area contributed by atoms with Crippen LogP contribution in [0, 0.1) is 0 Å². The summed E-state index contributed by atoms with van der Waals surface area (Å²) in [5, 5.41) is 3.17. The summed E-state index contributed by atoms with van der Waals surface area (Å²) in [4.78, 5) is 13.4. The van der Waals surface area contributed by atoms with Crippen molar-refractivity contribution in [2.24, 2.45) is 0 Å². The van der Waals surface area contributed by atoms with E-state index in [9.17, 15) is 0 Å². The number of hydrogen-bond acceptors (Lipinski definition) is 5. The zero-order valence-corrected chi connectivity index (χ0v) is 9.47. The molecule has 0 spiro atoms. The molecule has 1 rings (SSSR count). The third kappa shape index (κ3) is 4.04. The highest BCUT2D eigenvalue weighted by atomic mass is 35.5. The number of likely N-dealkylation sites (N-methyl/N-ethyl adjacent to an activating group) is 1. The molecule has 0 aliphatic heterocycles. The summed E-state index contributed by atoms with van der Waals surface area (Å²) in [6.07, 6.45) is 0. The molecular formula is C7H11Cl2N5. The predicted octanol–water partition coefficient (Wildman–Crippen LogP) is 1.15. The number of rotatable bonds is 4. The molecule has 14 heavy (non-hydrogen) atoms. The van der Waals surface area contributed by atoms with Crippen LogP contribution in [0.5, 0.6) is 0 Å². The largest absolute Gasteiger partial charge is 0.353 e. The van der Waals surface area contributed by atoms with E-state index < -0.39 is 0 Å². The van der Waals surface area contributed by atoms with Crippen molar-refractivity contribution in [1.82, 2.24) is 19.9 Å². The first kappa shape index (κ1) is 11.4. The summed E-state index contributed by atoms with van der Waals surface area (Å²) in [6, 6.07) is 0. The minimum absolute atomic E-state index is 0.0948. The van der Waals surface area contributed by atoms with Gasteiger partial charge in [-0.05, 0) is 37.3 Å². The van der Waals surface area contributed by atoms with Crippen molar-refractivity contribution >= 4 is 29.2 Å². The maximum Gasteiger partial charge on any atom is 0.228 e. The van der Waals surface area contributed by atoms with E-state index in [1.807, 2.05) is 19.0 Å². The van der Waals surface area contributed by atoms with Crippen molar-refractivity contribution in [3.8, 4) is 0 Å². The molecule has 0 saturated heterocycles. The Morgan fingerprint density at radius 2 is 1.71 bits per heavy atom. The number of aromatic nitrogens is 3. The van der Waals surface area contributed by atoms with E-state index in [2.05, 4.69) is 20.3 Å². The van der Waals surface area contributed by atoms with Crippen LogP contribution in [0.2, 0.25) is 10.6 Å². The molecule has 1 heterocycles. The van der Waals surface area contributed by atoms with Gasteiger partial charge in [0.1, 0.15) is 0 Å². The van der Waals surface area contributed by atoms with Crippen LogP contribution in [0.3, 0.4) is 0 Å². The van der Waals surface area contributed by atoms with E-state index in [0.29, 0.717) is 5.95 Å². The molecular weight excluding hydrogens is 225 g/mol. The highest BCUT2D eigenvalue weighted by molar-refractivity contribution is 6.31. The Kier molecular flexibility index (Phi) is 4.31. The molecule has 0 amide bonds. The topological polar surface area (TPSA) is 53.9 Å². The van der Waals surface area contributed by atoms with Gasteiger partial charge >= 0.3 is 0 Å². The van der Waals surface area contributed by atoms with Crippen molar-refractivity contribution in [1.29, 1.82) is 0 Å². The molecule has 0 aromatic carbocycles. The lowest BCUT2D eigenvalue weighted by atomic mass is 10.6. The van der Waals surface area contributed by atoms with E-state index in [0.717, 1.165) is 13.1 Å². The molecule has 0 unspecified atom stereocenters. The molecule has 7 heteroatoms. The second kappa shape index (κ2) is 5.29. The van der Waals surface area contributed by atoms with Gasteiger partial charge in [-0.1, -0.05) is 0 Å². The fourth-order valence-corrected chi connectivity index (χ4v) is 1.16. The van der Waals surface area contributed by atoms with Crippen molar-refractivity contribution < 1.29 is 0 Å². The van der Waals surface area contributed by atoms with Crippen LogP contribution in [-0.2, 0) is 0 Å². The van der Waals surface area contributed by atoms with Gasteiger partial charge in [0, 0.05) is 13.1 Å². The summed E-state index contributed by atoms with van der Waals surface area (Å²) < 4.78 is 0. The number of anilines is 1. The molecule has 0 aliphatic carbocycles. The zero-order chi connectivity index (χ0) is 10.6. The Morgan fingerprint density at radius 3 is 2.21 bits per heavy atom. The van der Waals surface area contributed by atoms with Crippen molar-refractivity contribution in [2.45, 2.75) is 0 Å². The molecule has 0 radical (unpaired) electrons. The van der Waals surface area contributed by atoms with Crippen LogP contribution >= 0.6 is 23.2 Å². The Bertz CT molecular complexity index is 284. The Morgan fingerprint density at radius 1 is 1.14 bits per heavy atom. The van der Waals surface area contributed by atoms with Crippen LogP contribution in [0.25, 0.3) is 0 Å². The summed E-state index contributed by atoms with van der Waals surface area (Å²) in [6.45, 7) is 1.60. The lowest BCUT2D eigenvalue weighted by molar-refractivity contribution is 0.425. The molecule has 5 nitrogen and oxygen atoms in total. The van der Waals surface area contributed by atoms with Crippen LogP contribution < -0.4 is 5.32 Å². The molecule has 0 atom stereocenters. The van der Waals surface area contributed by atoms with E-state index in [1.54, 1.807) is 0 Å². The van der Waals surface area contributed by atoms with Gasteiger partial charge in [-0.3, -0.25) is 0 Å². The second-order valence-electron chi connectivity index (χ2n) is 2.93. The quantitative estimate of drug-likeness (QED) is 0.849. The van der Waals surface area contributed by atoms with Crippen LogP contribution in [-0.4, -0.2) is 47.0 Å². The van der Waals surface area contributed by atoms with Gasteiger partial charge in [-0.25, -0.2) is 0 Å². The average Bonchev–Trinajstić information content (AvgIpc) is 2.01. The van der Waals surface area contributed by atoms with Gasteiger partial charge in [0.25, 0.3) is 0 Å². The fraction of sp³-hybridized carbons (Fsp3) is 0.571. The monoisotopic (exact) mass is 235 g/mol. The van der Waals surface area contributed by atoms with Crippen LogP contribution in [0.1, 0.15) is 0 Å². The maximum atomic E-state index is 5.59. The van der Waals surface area contributed by atoms with E-state index in [1.165, 1.54) is 0 Å². The zero-order valence-electron chi connectivity index (χ0n) is 7.96. The van der Waals surface area contributed by atoms with Gasteiger partial charge < -0.3 is 10.2 Å². The number of halogens is 2. The lowest BCUT2D eigenvalue weighted by Gasteiger charge is -2.09. The molecule has 78 valence electrons. The standard InChI is InChI=1S/C7H11Cl2N5/c1-14(2)4-3-10-7-12-5(8)11-6(9)13-7/h3-4H2,1-2H3,(H,10,11,12,13). The van der Waals surface area contributed by atoms with E-state index in [4.69, 9.17) is 23.2 Å². The summed E-state index contributed by atoms with van der Waals surface area (Å²) >= 11 is 11.2. The maximum absolute atomic E-state index is 5.59. The van der Waals surface area contributed by atoms with Crippen LogP contribution in [0.15, 0.2) is 0 Å². The van der Waals surface area contributed by atoms with E-state index >= 15 is 0 Å². The molecule has 0 aliphatic rings.